The quantitative estimate of drug-likeness (QED) is 0.498. The number of methoxy groups -OCH3 is 2. The Labute approximate surface area is 160 Å². The number of ether oxygens (including phenoxy) is 2. The van der Waals surface area contributed by atoms with Crippen molar-refractivity contribution in [3.63, 3.8) is 0 Å². The largest absolute Gasteiger partial charge is 0.481 e. The van der Waals surface area contributed by atoms with Crippen LogP contribution in [0.5, 0.6) is 5.88 Å². The zero-order chi connectivity index (χ0) is 19.0. The van der Waals surface area contributed by atoms with Gasteiger partial charge in [-0.2, -0.15) is 0 Å². The predicted octanol–water partition coefficient (Wildman–Crippen LogP) is 4.08. The Kier molecular flexibility index (Phi) is 4.41. The lowest BCUT2D eigenvalue weighted by Gasteiger charge is -2.07. The van der Waals surface area contributed by atoms with Crippen molar-refractivity contribution in [1.29, 1.82) is 0 Å². The van der Waals surface area contributed by atoms with Gasteiger partial charge in [0, 0.05) is 35.8 Å². The molecular formula is C20H16ClN3O3. The molecule has 4 aromatic rings. The summed E-state index contributed by atoms with van der Waals surface area (Å²) in [5.74, 6) is 0.0401. The van der Waals surface area contributed by atoms with Crippen LogP contribution in [0.4, 0.5) is 0 Å². The first-order valence-corrected chi connectivity index (χ1v) is 8.62. The molecule has 1 aromatic carbocycles. The third-order valence-electron chi connectivity index (χ3n) is 4.42. The Morgan fingerprint density at radius 2 is 2.00 bits per heavy atom. The van der Waals surface area contributed by atoms with E-state index in [-0.39, 0.29) is 0 Å². The highest BCUT2D eigenvalue weighted by molar-refractivity contribution is 6.31. The second-order valence-corrected chi connectivity index (χ2v) is 6.52. The van der Waals surface area contributed by atoms with Crippen molar-refractivity contribution in [3.05, 3.63) is 65.1 Å². The molecular weight excluding hydrogens is 366 g/mol. The second-order valence-electron chi connectivity index (χ2n) is 6.09. The molecule has 0 spiro atoms. The fourth-order valence-electron chi connectivity index (χ4n) is 3.13. The number of carbonyl (C=O) groups excluding carboxylic acids is 1. The van der Waals surface area contributed by atoms with Gasteiger partial charge in [0.15, 0.2) is 0 Å². The van der Waals surface area contributed by atoms with Crippen LogP contribution < -0.4 is 4.74 Å². The minimum absolute atomic E-state index is 0.401. The number of pyridine rings is 2. The van der Waals surface area contributed by atoms with Gasteiger partial charge < -0.3 is 14.0 Å². The molecule has 0 aliphatic carbocycles. The number of aromatic nitrogens is 3. The molecule has 7 heteroatoms. The van der Waals surface area contributed by atoms with Crippen molar-refractivity contribution < 1.29 is 14.3 Å². The lowest BCUT2D eigenvalue weighted by Crippen LogP contribution is -2.01. The van der Waals surface area contributed by atoms with Gasteiger partial charge in [0.1, 0.15) is 0 Å². The van der Waals surface area contributed by atoms with Crippen molar-refractivity contribution >= 4 is 39.4 Å². The summed E-state index contributed by atoms with van der Waals surface area (Å²) in [6.45, 7) is 0.559. The molecule has 3 aromatic heterocycles. The number of nitrogens with zero attached hydrogens (tertiary/aromatic N) is 3. The Bertz CT molecular complexity index is 1170. The summed E-state index contributed by atoms with van der Waals surface area (Å²) in [5.41, 5.74) is 3.22. The van der Waals surface area contributed by atoms with Gasteiger partial charge in [0.2, 0.25) is 5.88 Å². The first-order valence-electron chi connectivity index (χ1n) is 8.24. The summed E-state index contributed by atoms with van der Waals surface area (Å²) < 4.78 is 12.1. The predicted molar refractivity (Wildman–Crippen MR) is 103 cm³/mol. The van der Waals surface area contributed by atoms with Gasteiger partial charge in [0.05, 0.1) is 42.0 Å². The zero-order valence-electron chi connectivity index (χ0n) is 14.8. The van der Waals surface area contributed by atoms with E-state index in [0.29, 0.717) is 23.0 Å². The average Bonchev–Trinajstić information content (AvgIpc) is 3.04. The molecule has 136 valence electrons. The van der Waals surface area contributed by atoms with Crippen LogP contribution in [0.1, 0.15) is 15.9 Å². The fourth-order valence-corrected chi connectivity index (χ4v) is 3.30. The number of hydrogen-bond acceptors (Lipinski definition) is 5. The third kappa shape index (κ3) is 3.19. The van der Waals surface area contributed by atoms with E-state index in [9.17, 15) is 4.79 Å². The van der Waals surface area contributed by atoms with E-state index in [4.69, 9.17) is 21.1 Å². The molecule has 0 fully saturated rings. The van der Waals surface area contributed by atoms with Crippen LogP contribution in [-0.4, -0.2) is 34.7 Å². The van der Waals surface area contributed by atoms with Gasteiger partial charge in [-0.15, -0.1) is 0 Å². The van der Waals surface area contributed by atoms with Gasteiger partial charge in [0.25, 0.3) is 0 Å². The van der Waals surface area contributed by atoms with E-state index in [1.165, 1.54) is 14.2 Å². The maximum atomic E-state index is 12.2. The number of esters is 1. The highest BCUT2D eigenvalue weighted by Gasteiger charge is 2.17. The van der Waals surface area contributed by atoms with Crippen LogP contribution in [-0.2, 0) is 11.3 Å². The van der Waals surface area contributed by atoms with Crippen LogP contribution in [0.15, 0.2) is 48.9 Å². The molecule has 6 nitrogen and oxygen atoms in total. The maximum Gasteiger partial charge on any atom is 0.340 e. The lowest BCUT2D eigenvalue weighted by atomic mass is 10.1. The van der Waals surface area contributed by atoms with Crippen LogP contribution >= 0.6 is 11.6 Å². The van der Waals surface area contributed by atoms with Gasteiger partial charge in [-0.3, -0.25) is 4.98 Å². The van der Waals surface area contributed by atoms with E-state index in [2.05, 4.69) is 9.97 Å². The summed E-state index contributed by atoms with van der Waals surface area (Å²) in [7, 11) is 2.90. The first-order chi connectivity index (χ1) is 13.1. The van der Waals surface area contributed by atoms with Crippen LogP contribution in [0, 0.1) is 0 Å². The van der Waals surface area contributed by atoms with E-state index < -0.39 is 5.97 Å². The van der Waals surface area contributed by atoms with Crippen molar-refractivity contribution in [2.45, 2.75) is 6.54 Å². The first kappa shape index (κ1) is 17.3. The molecule has 0 amide bonds. The minimum Gasteiger partial charge on any atom is -0.481 e. The normalized spacial score (nSPS) is 11.1. The Balaban J connectivity index is 1.80. The summed E-state index contributed by atoms with van der Waals surface area (Å²) in [5, 5.41) is 2.29. The topological polar surface area (TPSA) is 66.2 Å². The summed E-state index contributed by atoms with van der Waals surface area (Å²) in [4.78, 5) is 20.8. The van der Waals surface area contributed by atoms with Crippen LogP contribution in [0.2, 0.25) is 5.02 Å². The summed E-state index contributed by atoms with van der Waals surface area (Å²) in [6.07, 6.45) is 5.10. The molecule has 4 rings (SSSR count). The second kappa shape index (κ2) is 6.89. The molecule has 0 saturated heterocycles. The molecule has 3 heterocycles. The van der Waals surface area contributed by atoms with Crippen LogP contribution in [0.3, 0.4) is 0 Å². The zero-order valence-corrected chi connectivity index (χ0v) is 15.5. The van der Waals surface area contributed by atoms with Gasteiger partial charge in [-0.25, -0.2) is 9.78 Å². The monoisotopic (exact) mass is 381 g/mol. The SMILES string of the molecule is COC(=O)c1cn(Cc2ccc3ncc(Cl)cc3c2)c2cnc(OC)cc12. The molecule has 0 atom stereocenters. The lowest BCUT2D eigenvalue weighted by molar-refractivity contribution is 0.0602. The van der Waals surface area contributed by atoms with Crippen molar-refractivity contribution in [2.24, 2.45) is 0 Å². The number of rotatable bonds is 4. The smallest absolute Gasteiger partial charge is 0.340 e. The van der Waals surface area contributed by atoms with Crippen molar-refractivity contribution in [2.75, 3.05) is 14.2 Å². The molecule has 0 aliphatic heterocycles. The highest BCUT2D eigenvalue weighted by atomic mass is 35.5. The molecule has 0 N–H and O–H groups in total. The Morgan fingerprint density at radius 3 is 2.78 bits per heavy atom. The Morgan fingerprint density at radius 1 is 1.15 bits per heavy atom. The molecule has 0 radical (unpaired) electrons. The number of carbonyl (C=O) groups is 1. The van der Waals surface area contributed by atoms with Gasteiger partial charge >= 0.3 is 5.97 Å². The van der Waals surface area contributed by atoms with E-state index in [0.717, 1.165) is 27.4 Å². The number of hydrogen-bond donors (Lipinski definition) is 0. The molecule has 0 saturated carbocycles. The minimum atomic E-state index is -0.401. The van der Waals surface area contributed by atoms with Crippen LogP contribution in [0.25, 0.3) is 21.8 Å². The van der Waals surface area contributed by atoms with Crippen molar-refractivity contribution in [3.8, 4) is 5.88 Å². The van der Waals surface area contributed by atoms with E-state index >= 15 is 0 Å². The van der Waals surface area contributed by atoms with Gasteiger partial charge in [-0.1, -0.05) is 17.7 Å². The molecule has 0 unspecified atom stereocenters. The molecule has 27 heavy (non-hydrogen) atoms. The fraction of sp³-hybridized carbons (Fsp3) is 0.150. The Hall–Kier alpha value is -3.12. The summed E-state index contributed by atoms with van der Waals surface area (Å²) in [6, 6.07) is 9.61. The number of benzene rings is 1. The summed E-state index contributed by atoms with van der Waals surface area (Å²) >= 11 is 6.05. The van der Waals surface area contributed by atoms with E-state index in [1.54, 1.807) is 24.7 Å². The standard InChI is InChI=1S/C20H16ClN3O3/c1-26-19-7-15-16(20(25)27-2)11-24(18(15)9-23-19)10-12-3-4-17-13(5-12)6-14(21)8-22-17/h3-9,11H,10H2,1-2H3. The van der Waals surface area contributed by atoms with Gasteiger partial charge in [-0.05, 0) is 23.8 Å². The maximum absolute atomic E-state index is 12.2. The number of fused-ring (bicyclic) bond motifs is 2. The van der Waals surface area contributed by atoms with Crippen molar-refractivity contribution in [1.82, 2.24) is 14.5 Å². The average molecular weight is 382 g/mol. The van der Waals surface area contributed by atoms with E-state index in [1.807, 2.05) is 28.8 Å². The third-order valence-corrected chi connectivity index (χ3v) is 4.63. The molecule has 0 bridgehead atoms. The number of halogens is 1. The highest BCUT2D eigenvalue weighted by Crippen LogP contribution is 2.26. The molecule has 0 aliphatic rings.